The lowest BCUT2D eigenvalue weighted by Gasteiger charge is -2.20. The molecule has 1 atom stereocenters. The van der Waals surface area contributed by atoms with Crippen molar-refractivity contribution in [2.24, 2.45) is 0 Å². The molecule has 0 saturated heterocycles. The number of likely N-dealkylation sites (N-methyl/N-ethyl adjacent to an activating group) is 1. The molecule has 0 fully saturated rings. The van der Waals surface area contributed by atoms with Crippen LogP contribution in [0.2, 0.25) is 5.02 Å². The third kappa shape index (κ3) is 4.75. The SMILES string of the molecule is CC(NC(=O)CN(C)Cc1nccn1C(F)F)c1ccccc1Cl. The second kappa shape index (κ2) is 8.21. The number of nitrogens with zero attached hydrogens (tertiary/aromatic N) is 3. The first-order valence-electron chi connectivity index (χ1n) is 7.40. The van der Waals surface area contributed by atoms with Gasteiger partial charge in [0, 0.05) is 17.4 Å². The Kier molecular flexibility index (Phi) is 6.28. The van der Waals surface area contributed by atoms with E-state index in [0.717, 1.165) is 10.1 Å². The molecule has 0 aliphatic heterocycles. The van der Waals surface area contributed by atoms with Gasteiger partial charge in [-0.1, -0.05) is 29.8 Å². The van der Waals surface area contributed by atoms with Gasteiger partial charge in [-0.05, 0) is 25.6 Å². The van der Waals surface area contributed by atoms with Crippen LogP contribution in [0, 0.1) is 0 Å². The molecule has 1 unspecified atom stereocenters. The molecule has 0 spiro atoms. The van der Waals surface area contributed by atoms with Crippen molar-refractivity contribution in [2.45, 2.75) is 26.1 Å². The average Bonchev–Trinajstić information content (AvgIpc) is 2.95. The van der Waals surface area contributed by atoms with Gasteiger partial charge in [0.15, 0.2) is 0 Å². The summed E-state index contributed by atoms with van der Waals surface area (Å²) in [4.78, 5) is 17.6. The molecule has 2 rings (SSSR count). The van der Waals surface area contributed by atoms with Crippen molar-refractivity contribution < 1.29 is 13.6 Å². The van der Waals surface area contributed by atoms with Gasteiger partial charge in [-0.3, -0.25) is 14.3 Å². The van der Waals surface area contributed by atoms with Crippen LogP contribution in [0.5, 0.6) is 0 Å². The van der Waals surface area contributed by atoms with E-state index in [1.165, 1.54) is 12.4 Å². The Labute approximate surface area is 144 Å². The van der Waals surface area contributed by atoms with Gasteiger partial charge in [-0.2, -0.15) is 8.78 Å². The van der Waals surface area contributed by atoms with Crippen LogP contribution in [0.15, 0.2) is 36.7 Å². The number of nitrogens with one attached hydrogen (secondary N) is 1. The van der Waals surface area contributed by atoms with Crippen LogP contribution in [-0.2, 0) is 11.3 Å². The number of benzene rings is 1. The second-order valence-corrected chi connectivity index (χ2v) is 5.92. The number of halogens is 3. The van der Waals surface area contributed by atoms with Crippen LogP contribution >= 0.6 is 11.6 Å². The molecule has 24 heavy (non-hydrogen) atoms. The zero-order valence-electron chi connectivity index (χ0n) is 13.4. The second-order valence-electron chi connectivity index (χ2n) is 5.51. The van der Waals surface area contributed by atoms with Crippen LogP contribution in [0.3, 0.4) is 0 Å². The molecule has 1 aromatic heterocycles. The molecular formula is C16H19ClF2N4O. The van der Waals surface area contributed by atoms with Crippen molar-refractivity contribution in [3.05, 3.63) is 53.1 Å². The smallest absolute Gasteiger partial charge is 0.319 e. The van der Waals surface area contributed by atoms with Crippen molar-refractivity contribution in [3.8, 4) is 0 Å². The normalized spacial score (nSPS) is 12.6. The number of carbonyl (C=O) groups is 1. The third-order valence-corrected chi connectivity index (χ3v) is 3.88. The van der Waals surface area contributed by atoms with Gasteiger partial charge in [0.25, 0.3) is 0 Å². The molecule has 0 bridgehead atoms. The number of hydrogen-bond donors (Lipinski definition) is 1. The highest BCUT2D eigenvalue weighted by atomic mass is 35.5. The predicted octanol–water partition coefficient (Wildman–Crippen LogP) is 3.24. The van der Waals surface area contributed by atoms with Gasteiger partial charge in [-0.25, -0.2) is 4.98 Å². The van der Waals surface area contributed by atoms with Crippen molar-refractivity contribution >= 4 is 17.5 Å². The molecular weight excluding hydrogens is 338 g/mol. The van der Waals surface area contributed by atoms with E-state index in [9.17, 15) is 13.6 Å². The fraction of sp³-hybridized carbons (Fsp3) is 0.375. The average molecular weight is 357 g/mol. The Morgan fingerprint density at radius 2 is 2.12 bits per heavy atom. The quantitative estimate of drug-likeness (QED) is 0.828. The Morgan fingerprint density at radius 1 is 1.42 bits per heavy atom. The lowest BCUT2D eigenvalue weighted by molar-refractivity contribution is -0.122. The van der Waals surface area contributed by atoms with E-state index in [1.54, 1.807) is 18.0 Å². The summed E-state index contributed by atoms with van der Waals surface area (Å²) in [6, 6.07) is 7.02. The summed E-state index contributed by atoms with van der Waals surface area (Å²) in [5.74, 6) is -0.0143. The molecule has 0 aliphatic carbocycles. The van der Waals surface area contributed by atoms with E-state index in [4.69, 9.17) is 11.6 Å². The number of imidazole rings is 1. The Morgan fingerprint density at radius 3 is 2.79 bits per heavy atom. The molecule has 1 aromatic carbocycles. The summed E-state index contributed by atoms with van der Waals surface area (Å²) in [6.45, 7) is -0.608. The minimum Gasteiger partial charge on any atom is -0.348 e. The molecule has 130 valence electrons. The fourth-order valence-corrected chi connectivity index (χ4v) is 2.68. The van der Waals surface area contributed by atoms with Gasteiger partial charge < -0.3 is 5.32 Å². The number of aromatic nitrogens is 2. The zero-order valence-corrected chi connectivity index (χ0v) is 14.2. The van der Waals surface area contributed by atoms with Crippen LogP contribution in [-0.4, -0.2) is 34.0 Å². The standard InChI is InChI=1S/C16H19ClF2N4O/c1-11(12-5-3-4-6-13(12)17)21-15(24)10-22(2)9-14-20-7-8-23(14)16(18)19/h3-8,11,16H,9-10H2,1-2H3,(H,21,24). The number of alkyl halides is 2. The molecule has 1 amide bonds. The fourth-order valence-electron chi connectivity index (χ4n) is 2.38. The first-order chi connectivity index (χ1) is 11.4. The van der Waals surface area contributed by atoms with Gasteiger partial charge in [-0.15, -0.1) is 0 Å². The number of carbonyl (C=O) groups excluding carboxylic acids is 1. The molecule has 5 nitrogen and oxygen atoms in total. The maximum Gasteiger partial charge on any atom is 0.319 e. The van der Waals surface area contributed by atoms with E-state index in [0.29, 0.717) is 5.02 Å². The highest BCUT2D eigenvalue weighted by Crippen LogP contribution is 2.22. The molecule has 8 heteroatoms. The van der Waals surface area contributed by atoms with E-state index < -0.39 is 6.55 Å². The van der Waals surface area contributed by atoms with Crippen molar-refractivity contribution in [3.63, 3.8) is 0 Å². The minimum absolute atomic E-state index is 0.0604. The van der Waals surface area contributed by atoms with E-state index in [2.05, 4.69) is 10.3 Å². The molecule has 2 aromatic rings. The van der Waals surface area contributed by atoms with Gasteiger partial charge in [0.1, 0.15) is 5.82 Å². The highest BCUT2D eigenvalue weighted by molar-refractivity contribution is 6.31. The maximum atomic E-state index is 12.8. The molecule has 1 heterocycles. The first kappa shape index (κ1) is 18.4. The summed E-state index contributed by atoms with van der Waals surface area (Å²) < 4.78 is 26.3. The minimum atomic E-state index is -2.65. The van der Waals surface area contributed by atoms with Gasteiger partial charge in [0.2, 0.25) is 5.91 Å². The number of amides is 1. The lowest BCUT2D eigenvalue weighted by Crippen LogP contribution is -2.36. The molecule has 1 N–H and O–H groups in total. The zero-order chi connectivity index (χ0) is 17.7. The van der Waals surface area contributed by atoms with Gasteiger partial charge >= 0.3 is 6.55 Å². The van der Waals surface area contributed by atoms with E-state index >= 15 is 0 Å². The summed E-state index contributed by atoms with van der Waals surface area (Å²) in [5, 5.41) is 3.43. The van der Waals surface area contributed by atoms with Crippen LogP contribution in [0.25, 0.3) is 0 Å². The predicted molar refractivity (Wildman–Crippen MR) is 87.8 cm³/mol. The number of rotatable bonds is 7. The summed E-state index contributed by atoms with van der Waals surface area (Å²) in [5.41, 5.74) is 0.823. The summed E-state index contributed by atoms with van der Waals surface area (Å²) in [6.07, 6.45) is 2.53. The van der Waals surface area contributed by atoms with Crippen LogP contribution in [0.1, 0.15) is 30.9 Å². The van der Waals surface area contributed by atoms with Crippen LogP contribution in [0.4, 0.5) is 8.78 Å². The molecule has 0 radical (unpaired) electrons. The van der Waals surface area contributed by atoms with Gasteiger partial charge in [0.05, 0.1) is 19.1 Å². The number of hydrogen-bond acceptors (Lipinski definition) is 3. The monoisotopic (exact) mass is 356 g/mol. The van der Waals surface area contributed by atoms with Crippen molar-refractivity contribution in [2.75, 3.05) is 13.6 Å². The summed E-state index contributed by atoms with van der Waals surface area (Å²) in [7, 11) is 1.67. The Bertz CT molecular complexity index is 692. The lowest BCUT2D eigenvalue weighted by atomic mass is 10.1. The first-order valence-corrected chi connectivity index (χ1v) is 7.78. The largest absolute Gasteiger partial charge is 0.348 e. The highest BCUT2D eigenvalue weighted by Gasteiger charge is 2.16. The maximum absolute atomic E-state index is 12.8. The van der Waals surface area contributed by atoms with E-state index in [-0.39, 0.29) is 30.9 Å². The Hall–Kier alpha value is -1.99. The Balaban J connectivity index is 1.90. The topological polar surface area (TPSA) is 50.2 Å². The van der Waals surface area contributed by atoms with E-state index in [1.807, 2.05) is 25.1 Å². The van der Waals surface area contributed by atoms with Crippen molar-refractivity contribution in [1.29, 1.82) is 0 Å². The van der Waals surface area contributed by atoms with Crippen LogP contribution < -0.4 is 5.32 Å². The van der Waals surface area contributed by atoms with Crippen molar-refractivity contribution in [1.82, 2.24) is 19.8 Å². The third-order valence-electron chi connectivity index (χ3n) is 3.53. The molecule has 0 saturated carbocycles. The summed E-state index contributed by atoms with van der Waals surface area (Å²) >= 11 is 6.11. The molecule has 0 aliphatic rings.